The molecule has 0 saturated heterocycles. The van der Waals surface area contributed by atoms with Gasteiger partial charge in [0.05, 0.1) is 6.54 Å². The first-order valence-electron chi connectivity index (χ1n) is 7.66. The highest BCUT2D eigenvalue weighted by atomic mass is 35.5. The number of carbonyl (C=O) groups is 1. The van der Waals surface area contributed by atoms with Crippen LogP contribution in [0.25, 0.3) is 10.4 Å². The number of carbonyl (C=O) groups excluding carboxylic acids is 1. The number of hydrogen-bond donors (Lipinski definition) is 1. The molecule has 0 unspecified atom stereocenters. The monoisotopic (exact) mass is 352 g/mol. The van der Waals surface area contributed by atoms with Crippen LogP contribution in [0.15, 0.2) is 36.4 Å². The number of halogens is 1. The Labute approximate surface area is 148 Å². The van der Waals surface area contributed by atoms with Gasteiger partial charge in [0.15, 0.2) is 0 Å². The van der Waals surface area contributed by atoms with Gasteiger partial charge in [-0.2, -0.15) is 0 Å². The zero-order valence-corrected chi connectivity index (χ0v) is 15.5. The second-order valence-electron chi connectivity index (χ2n) is 5.79. The van der Waals surface area contributed by atoms with Crippen molar-refractivity contribution in [1.29, 1.82) is 0 Å². The lowest BCUT2D eigenvalue weighted by atomic mass is 10.1. The fraction of sp³-hybridized carbons (Fsp3) is 0.389. The van der Waals surface area contributed by atoms with Crippen molar-refractivity contribution >= 4 is 29.7 Å². The van der Waals surface area contributed by atoms with E-state index in [0.29, 0.717) is 19.5 Å². The molecule has 0 fully saturated rings. The van der Waals surface area contributed by atoms with E-state index in [1.165, 1.54) is 20.9 Å². The Morgan fingerprint density at radius 2 is 1.83 bits per heavy atom. The predicted octanol–water partition coefficient (Wildman–Crippen LogP) is 4.23. The van der Waals surface area contributed by atoms with Gasteiger partial charge >= 0.3 is 0 Å². The molecule has 2 N–H and O–H groups in total. The van der Waals surface area contributed by atoms with Gasteiger partial charge in [0, 0.05) is 28.8 Å². The average molecular weight is 353 g/mol. The third-order valence-corrected chi connectivity index (χ3v) is 4.74. The van der Waals surface area contributed by atoms with Crippen molar-refractivity contribution in [3.8, 4) is 10.4 Å². The van der Waals surface area contributed by atoms with E-state index < -0.39 is 0 Å². The van der Waals surface area contributed by atoms with Crippen LogP contribution in [0.1, 0.15) is 30.7 Å². The normalized spacial score (nSPS) is 10.5. The summed E-state index contributed by atoms with van der Waals surface area (Å²) in [6, 6.07) is 13.0. The van der Waals surface area contributed by atoms with E-state index >= 15 is 0 Å². The molecule has 0 radical (unpaired) electrons. The maximum Gasteiger partial charge on any atom is 0.224 e. The van der Waals surface area contributed by atoms with Gasteiger partial charge in [-0.15, -0.1) is 23.7 Å². The van der Waals surface area contributed by atoms with E-state index in [0.717, 1.165) is 0 Å². The van der Waals surface area contributed by atoms with Crippen molar-refractivity contribution in [2.45, 2.75) is 39.8 Å². The molecule has 3 nitrogen and oxygen atoms in total. The molecule has 1 aromatic heterocycles. The predicted molar refractivity (Wildman–Crippen MR) is 101 cm³/mol. The molecule has 0 aliphatic carbocycles. The zero-order chi connectivity index (χ0) is 16.1. The van der Waals surface area contributed by atoms with Crippen LogP contribution in [0, 0.1) is 6.92 Å². The van der Waals surface area contributed by atoms with Crippen LogP contribution in [0.3, 0.4) is 0 Å². The molecular formula is C18H25ClN2OS. The van der Waals surface area contributed by atoms with E-state index in [9.17, 15) is 4.79 Å². The molecule has 0 atom stereocenters. The summed E-state index contributed by atoms with van der Waals surface area (Å²) >= 11 is 1.75. The quantitative estimate of drug-likeness (QED) is 0.845. The Balaban J connectivity index is 0.00000264. The number of amides is 1. The largest absolute Gasteiger partial charge is 0.335 e. The molecule has 2 rings (SSSR count). The van der Waals surface area contributed by atoms with Crippen molar-refractivity contribution in [3.63, 3.8) is 0 Å². The lowest BCUT2D eigenvalue weighted by Gasteiger charge is -2.26. The van der Waals surface area contributed by atoms with E-state index in [1.54, 1.807) is 11.3 Å². The highest BCUT2D eigenvalue weighted by molar-refractivity contribution is 7.15. The van der Waals surface area contributed by atoms with Crippen LogP contribution >= 0.6 is 23.7 Å². The summed E-state index contributed by atoms with van der Waals surface area (Å²) in [4.78, 5) is 16.5. The van der Waals surface area contributed by atoms with E-state index in [4.69, 9.17) is 5.73 Å². The standard InChI is InChI=1S/C18H24N2OS.ClH/c1-13(2)20(18(21)10-11-19)12-16-8-9-17(22-16)15-6-4-14(3)5-7-15;/h4-9,13H,10-12,19H2,1-3H3;1H. The van der Waals surface area contributed by atoms with Crippen molar-refractivity contribution in [1.82, 2.24) is 4.90 Å². The van der Waals surface area contributed by atoms with Crippen molar-refractivity contribution in [2.75, 3.05) is 6.54 Å². The Hall–Kier alpha value is -1.36. The molecule has 0 bridgehead atoms. The number of thiophene rings is 1. The van der Waals surface area contributed by atoms with Crippen LogP contribution in [-0.4, -0.2) is 23.4 Å². The number of hydrogen-bond acceptors (Lipinski definition) is 3. The van der Waals surface area contributed by atoms with Crippen molar-refractivity contribution in [2.24, 2.45) is 5.73 Å². The lowest BCUT2D eigenvalue weighted by Crippen LogP contribution is -2.37. The molecule has 5 heteroatoms. The number of benzene rings is 1. The molecule has 23 heavy (non-hydrogen) atoms. The molecule has 126 valence electrons. The van der Waals surface area contributed by atoms with E-state index in [1.807, 2.05) is 18.7 Å². The SMILES string of the molecule is Cc1ccc(-c2ccc(CN(C(=O)CCN)C(C)C)s2)cc1.Cl. The Morgan fingerprint density at radius 1 is 1.17 bits per heavy atom. The summed E-state index contributed by atoms with van der Waals surface area (Å²) in [5, 5.41) is 0. The zero-order valence-electron chi connectivity index (χ0n) is 13.9. The van der Waals surface area contributed by atoms with Crippen LogP contribution in [0.4, 0.5) is 0 Å². The average Bonchev–Trinajstić information content (AvgIpc) is 2.94. The van der Waals surface area contributed by atoms with Crippen LogP contribution in [0.5, 0.6) is 0 Å². The summed E-state index contributed by atoms with van der Waals surface area (Å²) in [5.41, 5.74) is 8.00. The van der Waals surface area contributed by atoms with Gasteiger partial charge in [-0.3, -0.25) is 4.79 Å². The Morgan fingerprint density at radius 3 is 2.39 bits per heavy atom. The van der Waals surface area contributed by atoms with Gasteiger partial charge in [-0.05, 0) is 38.5 Å². The second-order valence-corrected chi connectivity index (χ2v) is 6.95. The number of nitrogens with zero attached hydrogens (tertiary/aromatic N) is 1. The van der Waals surface area contributed by atoms with Gasteiger partial charge in [-0.25, -0.2) is 0 Å². The lowest BCUT2D eigenvalue weighted by molar-refractivity contribution is -0.133. The van der Waals surface area contributed by atoms with Crippen LogP contribution in [0.2, 0.25) is 0 Å². The summed E-state index contributed by atoms with van der Waals surface area (Å²) < 4.78 is 0. The Kier molecular flexibility index (Phi) is 7.76. The third-order valence-electron chi connectivity index (χ3n) is 3.63. The first kappa shape index (κ1) is 19.7. The topological polar surface area (TPSA) is 46.3 Å². The maximum absolute atomic E-state index is 12.2. The summed E-state index contributed by atoms with van der Waals surface area (Å²) in [5.74, 6) is 0.128. The maximum atomic E-state index is 12.2. The highest BCUT2D eigenvalue weighted by Gasteiger charge is 2.17. The molecule has 0 aliphatic heterocycles. The number of rotatable bonds is 6. The smallest absolute Gasteiger partial charge is 0.224 e. The molecule has 1 amide bonds. The van der Waals surface area contributed by atoms with Crippen molar-refractivity contribution in [3.05, 3.63) is 46.8 Å². The number of nitrogens with two attached hydrogens (primary N) is 1. The van der Waals surface area contributed by atoms with Gasteiger partial charge in [-0.1, -0.05) is 29.8 Å². The first-order valence-corrected chi connectivity index (χ1v) is 8.48. The summed E-state index contributed by atoms with van der Waals surface area (Å²) in [7, 11) is 0. The second kappa shape index (κ2) is 9.06. The fourth-order valence-electron chi connectivity index (χ4n) is 2.33. The molecular weight excluding hydrogens is 328 g/mol. The van der Waals surface area contributed by atoms with Crippen LogP contribution < -0.4 is 5.73 Å². The summed E-state index contributed by atoms with van der Waals surface area (Å²) in [6.45, 7) is 7.24. The molecule has 2 aromatic rings. The van der Waals surface area contributed by atoms with E-state index in [-0.39, 0.29) is 24.4 Å². The molecule has 1 aromatic carbocycles. The van der Waals surface area contributed by atoms with Gasteiger partial charge in [0.1, 0.15) is 0 Å². The highest BCUT2D eigenvalue weighted by Crippen LogP contribution is 2.29. The summed E-state index contributed by atoms with van der Waals surface area (Å²) in [6.07, 6.45) is 0.411. The molecule has 0 spiro atoms. The van der Waals surface area contributed by atoms with Gasteiger partial charge in [0.2, 0.25) is 5.91 Å². The van der Waals surface area contributed by atoms with Crippen molar-refractivity contribution < 1.29 is 4.79 Å². The minimum absolute atomic E-state index is 0. The first-order chi connectivity index (χ1) is 10.5. The molecule has 1 heterocycles. The van der Waals surface area contributed by atoms with Gasteiger partial charge in [0.25, 0.3) is 0 Å². The molecule has 0 aliphatic rings. The number of aryl methyl sites for hydroxylation is 1. The van der Waals surface area contributed by atoms with Crippen LogP contribution in [-0.2, 0) is 11.3 Å². The van der Waals surface area contributed by atoms with E-state index in [2.05, 4.69) is 43.3 Å². The third kappa shape index (κ3) is 5.34. The minimum atomic E-state index is 0. The minimum Gasteiger partial charge on any atom is -0.335 e. The fourth-order valence-corrected chi connectivity index (χ4v) is 3.34. The Bertz CT molecular complexity index is 622. The molecule has 0 saturated carbocycles. The van der Waals surface area contributed by atoms with Gasteiger partial charge < -0.3 is 10.6 Å².